The van der Waals surface area contributed by atoms with E-state index in [0.717, 1.165) is 111 Å². The minimum Gasteiger partial charge on any atom is -0.454 e. The lowest BCUT2D eigenvalue weighted by Crippen LogP contribution is -2.13. The molecule has 0 bridgehead atoms. The van der Waals surface area contributed by atoms with Crippen LogP contribution in [0.2, 0.25) is 0 Å². The van der Waals surface area contributed by atoms with Crippen LogP contribution in [0.25, 0.3) is 110 Å². The molecule has 14 aromatic rings. The second-order valence-electron chi connectivity index (χ2n) is 19.7. The summed E-state index contributed by atoms with van der Waals surface area (Å²) in [4.78, 5) is 4.83. The van der Waals surface area contributed by atoms with Gasteiger partial charge >= 0.3 is 0 Å². The molecule has 0 fully saturated rings. The summed E-state index contributed by atoms with van der Waals surface area (Å²) in [5, 5.41) is 9.17. The zero-order chi connectivity index (χ0) is 49.0. The molecule has 1 aliphatic carbocycles. The molecule has 2 heterocycles. The van der Waals surface area contributed by atoms with Gasteiger partial charge in [-0.1, -0.05) is 170 Å². The van der Waals surface area contributed by atoms with Gasteiger partial charge in [-0.25, -0.2) is 0 Å². The van der Waals surface area contributed by atoms with Crippen LogP contribution < -0.4 is 9.80 Å². The van der Waals surface area contributed by atoms with E-state index in [1.54, 1.807) is 0 Å². The summed E-state index contributed by atoms with van der Waals surface area (Å²) in [5.41, 5.74) is 21.8. The molecule has 1 aliphatic rings. The third-order valence-corrected chi connectivity index (χ3v) is 15.4. The number of hydrogen-bond acceptors (Lipinski definition) is 4. The van der Waals surface area contributed by atoms with Crippen molar-refractivity contribution in [2.24, 2.45) is 0 Å². The Balaban J connectivity index is 0.891. The normalized spacial score (nSPS) is 11.9. The maximum atomic E-state index is 6.83. The standard InChI is InChI=1S/C70H46N2O2/c1-43-29-35-57-55-23-11-15-27-65(55)73-69(57)67(43)71(63-25-13-9-21-53(63)45-17-5-3-6-18-45)51-33-31-47-39-59-60-40-48-32-34-52(38-50(48)42-62(60)61(59)41-49(47)37-51)72(64-26-14-10-22-54(64)46-19-7-4-8-20-46)68-44(2)30-36-58-56-24-12-16-28-66(56)74-70(58)68/h3-42H,1-2H3. The van der Waals surface area contributed by atoms with E-state index in [1.165, 1.54) is 43.8 Å². The minimum atomic E-state index is 0.873. The van der Waals surface area contributed by atoms with Gasteiger partial charge < -0.3 is 18.6 Å². The van der Waals surface area contributed by atoms with Gasteiger partial charge in [0, 0.05) is 44.0 Å². The van der Waals surface area contributed by atoms with Crippen LogP contribution in [0.4, 0.5) is 34.1 Å². The molecule has 0 aliphatic heterocycles. The van der Waals surface area contributed by atoms with Gasteiger partial charge in [0.25, 0.3) is 0 Å². The lowest BCUT2D eigenvalue weighted by molar-refractivity contribution is 0.668. The van der Waals surface area contributed by atoms with Gasteiger partial charge in [0.05, 0.1) is 22.7 Å². The van der Waals surface area contributed by atoms with Crippen molar-refractivity contribution >= 4 is 99.5 Å². The number of nitrogens with zero attached hydrogens (tertiary/aromatic N) is 2. The van der Waals surface area contributed by atoms with E-state index in [9.17, 15) is 0 Å². The number of fused-ring (bicyclic) bond motifs is 12. The molecule has 0 saturated heterocycles. The van der Waals surface area contributed by atoms with Crippen LogP contribution in [0.3, 0.4) is 0 Å². The highest BCUT2D eigenvalue weighted by molar-refractivity contribution is 6.16. The topological polar surface area (TPSA) is 32.8 Å². The Morgan fingerprint density at radius 1 is 0.284 bits per heavy atom. The maximum Gasteiger partial charge on any atom is 0.159 e. The van der Waals surface area contributed by atoms with E-state index in [1.807, 2.05) is 12.1 Å². The summed E-state index contributed by atoms with van der Waals surface area (Å²) < 4.78 is 13.7. The van der Waals surface area contributed by atoms with Gasteiger partial charge in [0.1, 0.15) is 11.2 Å². The molecule has 0 unspecified atom stereocenters. The van der Waals surface area contributed by atoms with Crippen molar-refractivity contribution in [1.82, 2.24) is 0 Å². The summed E-state index contributed by atoms with van der Waals surface area (Å²) in [6.07, 6.45) is 0. The predicted octanol–water partition coefficient (Wildman–Crippen LogP) is 20.3. The zero-order valence-electron chi connectivity index (χ0n) is 40.8. The van der Waals surface area contributed by atoms with Gasteiger partial charge in [-0.3, -0.25) is 0 Å². The predicted molar refractivity (Wildman–Crippen MR) is 310 cm³/mol. The average molecular weight is 947 g/mol. The van der Waals surface area contributed by atoms with E-state index in [-0.39, 0.29) is 0 Å². The van der Waals surface area contributed by atoms with Crippen molar-refractivity contribution < 1.29 is 8.83 Å². The van der Waals surface area contributed by atoms with Crippen molar-refractivity contribution in [2.45, 2.75) is 13.8 Å². The SMILES string of the molecule is Cc1ccc2c(oc3ccccc32)c1N(c1ccc2cc3c(cc2c1)-c1cc2cc(N(c4ccccc4-c4ccccc4)c4c(C)ccc5c4oc4ccccc45)ccc2cc1-3)c1ccccc1-c1ccccc1. The molecule has 12 aromatic carbocycles. The van der Waals surface area contributed by atoms with Crippen molar-refractivity contribution in [2.75, 3.05) is 9.80 Å². The Morgan fingerprint density at radius 2 is 0.662 bits per heavy atom. The molecule has 0 N–H and O–H groups in total. The van der Waals surface area contributed by atoms with Gasteiger partial charge in [0.15, 0.2) is 11.2 Å². The molecule has 0 amide bonds. The fourth-order valence-electron chi connectivity index (χ4n) is 11.8. The lowest BCUT2D eigenvalue weighted by atomic mass is 9.78. The molecule has 74 heavy (non-hydrogen) atoms. The number of para-hydroxylation sites is 4. The quantitative estimate of drug-likeness (QED) is 0.152. The molecule has 348 valence electrons. The molecule has 0 radical (unpaired) electrons. The highest BCUT2D eigenvalue weighted by atomic mass is 16.3. The summed E-state index contributed by atoms with van der Waals surface area (Å²) in [6, 6.07) is 87.8. The second-order valence-corrected chi connectivity index (χ2v) is 19.7. The first-order valence-corrected chi connectivity index (χ1v) is 25.4. The molecule has 0 spiro atoms. The Morgan fingerprint density at radius 3 is 1.11 bits per heavy atom. The summed E-state index contributed by atoms with van der Waals surface area (Å²) in [5.74, 6) is 0. The first-order valence-electron chi connectivity index (χ1n) is 25.4. The third kappa shape index (κ3) is 6.48. The Bertz CT molecular complexity index is 4290. The van der Waals surface area contributed by atoms with E-state index in [0.29, 0.717) is 0 Å². The second kappa shape index (κ2) is 16.5. The Kier molecular flexibility index (Phi) is 9.36. The average Bonchev–Trinajstić information content (AvgIpc) is 4.03. The number of anilines is 6. The monoisotopic (exact) mass is 946 g/mol. The highest BCUT2D eigenvalue weighted by Crippen LogP contribution is 2.54. The third-order valence-electron chi connectivity index (χ3n) is 15.4. The van der Waals surface area contributed by atoms with Gasteiger partial charge in [-0.2, -0.15) is 0 Å². The van der Waals surface area contributed by atoms with Crippen LogP contribution in [0.5, 0.6) is 0 Å². The van der Waals surface area contributed by atoms with Crippen molar-refractivity contribution in [3.8, 4) is 44.5 Å². The van der Waals surface area contributed by atoms with Crippen molar-refractivity contribution in [3.05, 3.63) is 254 Å². The number of hydrogen-bond donors (Lipinski definition) is 0. The van der Waals surface area contributed by atoms with Crippen molar-refractivity contribution in [1.29, 1.82) is 0 Å². The highest BCUT2D eigenvalue weighted by Gasteiger charge is 2.29. The summed E-state index contributed by atoms with van der Waals surface area (Å²) in [6.45, 7) is 4.39. The number of aryl methyl sites for hydroxylation is 2. The fraction of sp³-hybridized carbons (Fsp3) is 0.0286. The number of rotatable bonds is 8. The number of benzene rings is 12. The molecular formula is C70H46N2O2. The first-order chi connectivity index (χ1) is 36.5. The molecule has 0 saturated carbocycles. The van der Waals surface area contributed by atoms with E-state index >= 15 is 0 Å². The largest absolute Gasteiger partial charge is 0.454 e. The van der Waals surface area contributed by atoms with Crippen LogP contribution in [0.1, 0.15) is 11.1 Å². The minimum absolute atomic E-state index is 0.873. The molecule has 0 atom stereocenters. The van der Waals surface area contributed by atoms with E-state index in [4.69, 9.17) is 8.83 Å². The molecule has 4 nitrogen and oxygen atoms in total. The summed E-state index contributed by atoms with van der Waals surface area (Å²) in [7, 11) is 0. The van der Waals surface area contributed by atoms with Crippen LogP contribution in [0.15, 0.2) is 251 Å². The van der Waals surface area contributed by atoms with E-state index in [2.05, 4.69) is 254 Å². The van der Waals surface area contributed by atoms with Gasteiger partial charge in [0.2, 0.25) is 0 Å². The van der Waals surface area contributed by atoms with Crippen LogP contribution >= 0.6 is 0 Å². The van der Waals surface area contributed by atoms with Crippen LogP contribution in [-0.4, -0.2) is 0 Å². The van der Waals surface area contributed by atoms with Crippen LogP contribution in [0, 0.1) is 13.8 Å². The first kappa shape index (κ1) is 42.1. The lowest BCUT2D eigenvalue weighted by Gasteiger charge is -2.30. The molecule has 2 aromatic heterocycles. The fourth-order valence-corrected chi connectivity index (χ4v) is 11.8. The Hall–Kier alpha value is -9.64. The maximum absolute atomic E-state index is 6.83. The smallest absolute Gasteiger partial charge is 0.159 e. The summed E-state index contributed by atoms with van der Waals surface area (Å²) >= 11 is 0. The van der Waals surface area contributed by atoms with Gasteiger partial charge in [-0.15, -0.1) is 0 Å². The number of furan rings is 2. The Labute approximate surface area is 428 Å². The van der Waals surface area contributed by atoms with Crippen molar-refractivity contribution in [3.63, 3.8) is 0 Å². The molecule has 15 rings (SSSR count). The molecule has 4 heteroatoms. The molecular weight excluding hydrogens is 901 g/mol. The van der Waals surface area contributed by atoms with Crippen LogP contribution in [-0.2, 0) is 0 Å². The van der Waals surface area contributed by atoms with Gasteiger partial charge in [-0.05, 0) is 153 Å². The van der Waals surface area contributed by atoms with E-state index < -0.39 is 0 Å². The zero-order valence-corrected chi connectivity index (χ0v) is 40.8.